The van der Waals surface area contributed by atoms with E-state index in [-0.39, 0.29) is 27.1 Å². The first kappa shape index (κ1) is 13.0. The number of anilines is 2. The first-order valence-corrected chi connectivity index (χ1v) is 6.48. The van der Waals surface area contributed by atoms with Crippen LogP contribution in [0.1, 0.15) is 20.7 Å². The molecule has 0 saturated carbocycles. The van der Waals surface area contributed by atoms with Gasteiger partial charge in [0.05, 0.1) is 27.0 Å². The van der Waals surface area contributed by atoms with E-state index in [9.17, 15) is 9.59 Å². The molecule has 4 nitrogen and oxygen atoms in total. The number of nitrogens with two attached hydrogens (primary N) is 1. The summed E-state index contributed by atoms with van der Waals surface area (Å²) in [7, 11) is 0. The third-order valence-electron chi connectivity index (χ3n) is 3.06. The molecule has 1 aliphatic rings. The summed E-state index contributed by atoms with van der Waals surface area (Å²) in [4.78, 5) is 25.1. The molecule has 3 rings (SSSR count). The largest absolute Gasteiger partial charge is 0.366 e. The molecule has 0 saturated heterocycles. The highest BCUT2D eigenvalue weighted by molar-refractivity contribution is 6.42. The highest BCUT2D eigenvalue weighted by atomic mass is 35.5. The lowest BCUT2D eigenvalue weighted by molar-refractivity contribution is 0.0991. The molecule has 1 aliphatic heterocycles. The zero-order chi connectivity index (χ0) is 14.4. The van der Waals surface area contributed by atoms with E-state index >= 15 is 0 Å². The molecule has 0 unspecified atom stereocenters. The highest BCUT2D eigenvalue weighted by Gasteiger charge is 2.36. The maximum absolute atomic E-state index is 12.4. The van der Waals surface area contributed by atoms with Gasteiger partial charge < -0.3 is 5.73 Å². The topological polar surface area (TPSA) is 63.2 Å². The number of hydrogen-bond acceptors (Lipinski definition) is 2. The fraction of sp³-hybridized carbons (Fsp3) is 0. The molecule has 2 aromatic rings. The van der Waals surface area contributed by atoms with E-state index in [1.165, 1.54) is 17.0 Å². The summed E-state index contributed by atoms with van der Waals surface area (Å²) in [5.41, 5.74) is 7.14. The lowest BCUT2D eigenvalue weighted by Gasteiger charge is -2.08. The third kappa shape index (κ3) is 1.94. The minimum atomic E-state index is -0.650. The number of amides is 2. The fourth-order valence-electron chi connectivity index (χ4n) is 2.05. The summed E-state index contributed by atoms with van der Waals surface area (Å²) in [6.07, 6.45) is 0. The Balaban J connectivity index is 2.00. The van der Waals surface area contributed by atoms with Gasteiger partial charge in [-0.15, -0.1) is 0 Å². The van der Waals surface area contributed by atoms with Crippen molar-refractivity contribution in [2.45, 2.75) is 0 Å². The quantitative estimate of drug-likeness (QED) is 0.864. The van der Waals surface area contributed by atoms with Gasteiger partial charge in [-0.2, -0.15) is 0 Å². The minimum absolute atomic E-state index is 0.106. The van der Waals surface area contributed by atoms with E-state index in [4.69, 9.17) is 28.9 Å². The maximum Gasteiger partial charge on any atom is 0.266 e. The second kappa shape index (κ2) is 4.51. The van der Waals surface area contributed by atoms with Crippen LogP contribution in [0.15, 0.2) is 36.4 Å². The first-order valence-electron chi connectivity index (χ1n) is 5.73. The normalized spacial score (nSPS) is 12.0. The number of carbonyl (C=O) groups is 2. The number of hydrogen-bond donors (Lipinski definition) is 1. The summed E-state index contributed by atoms with van der Waals surface area (Å²) in [5.74, 6) is -0.972. The van der Waals surface area contributed by atoms with Crippen LogP contribution in [0.3, 0.4) is 0 Å². The smallest absolute Gasteiger partial charge is 0.266 e. The van der Waals surface area contributed by atoms with E-state index < -0.39 is 5.91 Å². The van der Waals surface area contributed by atoms with E-state index in [2.05, 4.69) is 0 Å². The number of carbonyl (C=O) groups excluding carboxylic acids is 2. The number of nitrogens with zero attached hydrogens (tertiary/aromatic N) is 1. The number of para-hydroxylation sites is 2. The standard InChI is InChI=1S/C14H8Cl2N2O2/c15-8-5-7(13(17)19)6-9(16)12(8)14(20)18-10-3-1-2-4-11(10)18/h1-6H,(H2,17,19). The van der Waals surface area contributed by atoms with E-state index in [0.717, 1.165) is 11.4 Å². The predicted molar refractivity (Wildman–Crippen MR) is 77.9 cm³/mol. The molecule has 6 heteroatoms. The SMILES string of the molecule is NC(=O)c1cc(Cl)c(C(=O)N2c3ccccc32)c(Cl)c1. The molecule has 20 heavy (non-hydrogen) atoms. The lowest BCUT2D eigenvalue weighted by Crippen LogP contribution is -2.16. The van der Waals surface area contributed by atoms with Gasteiger partial charge in [0.2, 0.25) is 5.91 Å². The molecule has 0 spiro atoms. The van der Waals surface area contributed by atoms with Crippen molar-refractivity contribution in [3.05, 3.63) is 57.6 Å². The molecule has 0 atom stereocenters. The minimum Gasteiger partial charge on any atom is -0.366 e. The van der Waals surface area contributed by atoms with Crippen LogP contribution in [0.5, 0.6) is 0 Å². The van der Waals surface area contributed by atoms with E-state index in [1.807, 2.05) is 24.3 Å². The van der Waals surface area contributed by atoms with Crippen LogP contribution in [-0.2, 0) is 0 Å². The monoisotopic (exact) mass is 306 g/mol. The van der Waals surface area contributed by atoms with Crippen LogP contribution < -0.4 is 10.6 Å². The van der Waals surface area contributed by atoms with Gasteiger partial charge in [0.1, 0.15) is 0 Å². The van der Waals surface area contributed by atoms with Crippen molar-refractivity contribution in [2.75, 3.05) is 4.90 Å². The summed E-state index contributed by atoms with van der Waals surface area (Å²) in [5, 5.41) is 0.211. The van der Waals surface area contributed by atoms with Gasteiger partial charge in [-0.25, -0.2) is 0 Å². The Morgan fingerprint density at radius 2 is 1.50 bits per heavy atom. The second-order valence-corrected chi connectivity index (χ2v) is 5.12. The van der Waals surface area contributed by atoms with Gasteiger partial charge in [0, 0.05) is 5.56 Å². The average Bonchev–Trinajstić information content (AvgIpc) is 3.11. The van der Waals surface area contributed by atoms with Crippen LogP contribution in [-0.4, -0.2) is 11.8 Å². The van der Waals surface area contributed by atoms with Gasteiger partial charge >= 0.3 is 0 Å². The van der Waals surface area contributed by atoms with Gasteiger partial charge in [-0.1, -0.05) is 35.3 Å². The number of benzene rings is 2. The average molecular weight is 307 g/mol. The molecule has 100 valence electrons. The molecule has 0 fully saturated rings. The summed E-state index contributed by atoms with van der Waals surface area (Å²) >= 11 is 12.1. The summed E-state index contributed by atoms with van der Waals surface area (Å²) in [6.45, 7) is 0. The van der Waals surface area contributed by atoms with Gasteiger partial charge in [0.25, 0.3) is 5.91 Å². The van der Waals surface area contributed by atoms with Gasteiger partial charge in [-0.05, 0) is 24.3 Å². The molecule has 0 aromatic heterocycles. The van der Waals surface area contributed by atoms with Crippen molar-refractivity contribution >= 4 is 46.4 Å². The van der Waals surface area contributed by atoms with Crippen LogP contribution in [0, 0.1) is 0 Å². The molecule has 1 heterocycles. The van der Waals surface area contributed by atoms with Crippen molar-refractivity contribution in [1.29, 1.82) is 0 Å². The molecule has 0 bridgehead atoms. The Morgan fingerprint density at radius 1 is 1.00 bits per heavy atom. The predicted octanol–water partition coefficient (Wildman–Crippen LogP) is 3.38. The van der Waals surface area contributed by atoms with Crippen molar-refractivity contribution in [3.8, 4) is 0 Å². The van der Waals surface area contributed by atoms with Crippen LogP contribution in [0.25, 0.3) is 0 Å². The Kier molecular flexibility index (Phi) is 2.92. The molecule has 2 aromatic carbocycles. The molecular weight excluding hydrogens is 299 g/mol. The Hall–Kier alpha value is -2.04. The number of rotatable bonds is 2. The Bertz CT molecular complexity index is 713. The molecular formula is C14H8Cl2N2O2. The summed E-state index contributed by atoms with van der Waals surface area (Å²) < 4.78 is 0. The van der Waals surface area contributed by atoms with Crippen molar-refractivity contribution < 1.29 is 9.59 Å². The van der Waals surface area contributed by atoms with Crippen LogP contribution in [0.2, 0.25) is 10.0 Å². The molecule has 2 N–H and O–H groups in total. The number of fused-ring (bicyclic) bond motifs is 1. The lowest BCUT2D eigenvalue weighted by atomic mass is 10.1. The second-order valence-electron chi connectivity index (χ2n) is 4.31. The first-order chi connectivity index (χ1) is 9.50. The van der Waals surface area contributed by atoms with Crippen molar-refractivity contribution in [3.63, 3.8) is 0 Å². The molecule has 0 aliphatic carbocycles. The Morgan fingerprint density at radius 3 is 1.95 bits per heavy atom. The highest BCUT2D eigenvalue weighted by Crippen LogP contribution is 2.49. The van der Waals surface area contributed by atoms with Crippen molar-refractivity contribution in [1.82, 2.24) is 0 Å². The third-order valence-corrected chi connectivity index (χ3v) is 3.65. The van der Waals surface area contributed by atoms with Gasteiger partial charge in [0.15, 0.2) is 0 Å². The van der Waals surface area contributed by atoms with E-state index in [0.29, 0.717) is 0 Å². The Labute approximate surface area is 124 Å². The van der Waals surface area contributed by atoms with Crippen LogP contribution >= 0.6 is 23.2 Å². The fourth-order valence-corrected chi connectivity index (χ4v) is 2.70. The molecule has 2 amide bonds. The van der Waals surface area contributed by atoms with E-state index in [1.54, 1.807) is 0 Å². The van der Waals surface area contributed by atoms with Crippen molar-refractivity contribution in [2.24, 2.45) is 5.73 Å². The van der Waals surface area contributed by atoms with Gasteiger partial charge in [-0.3, -0.25) is 14.5 Å². The number of halogens is 2. The zero-order valence-electron chi connectivity index (χ0n) is 10.1. The van der Waals surface area contributed by atoms with Crippen LogP contribution in [0.4, 0.5) is 11.4 Å². The molecule has 0 radical (unpaired) electrons. The summed E-state index contributed by atoms with van der Waals surface area (Å²) in [6, 6.07) is 10.0. The maximum atomic E-state index is 12.4. The zero-order valence-corrected chi connectivity index (χ0v) is 11.6. The number of primary amides is 1.